The molecule has 22 heavy (non-hydrogen) atoms. The Morgan fingerprint density at radius 3 is 2.68 bits per heavy atom. The molecule has 0 saturated heterocycles. The van der Waals surface area contributed by atoms with E-state index in [-0.39, 0.29) is 6.03 Å². The van der Waals surface area contributed by atoms with Crippen LogP contribution in [0.5, 0.6) is 5.75 Å². The number of nitrogens with one attached hydrogen (secondary N) is 2. The third-order valence-corrected chi connectivity index (χ3v) is 3.16. The lowest BCUT2D eigenvalue weighted by Crippen LogP contribution is -2.31. The largest absolute Gasteiger partial charge is 0.497 e. The molecule has 2 N–H and O–H groups in total. The van der Waals surface area contributed by atoms with Gasteiger partial charge in [0.2, 0.25) is 0 Å². The van der Waals surface area contributed by atoms with Gasteiger partial charge in [-0.2, -0.15) is 0 Å². The molecule has 0 fully saturated rings. The average Bonchev–Trinajstić information content (AvgIpc) is 2.54. The Bertz CT molecular complexity index is 648. The molecule has 4 heteroatoms. The van der Waals surface area contributed by atoms with Gasteiger partial charge in [-0.3, -0.25) is 0 Å². The zero-order chi connectivity index (χ0) is 15.8. The van der Waals surface area contributed by atoms with Crippen LogP contribution in [0.3, 0.4) is 0 Å². The fourth-order valence-corrected chi connectivity index (χ4v) is 1.90. The van der Waals surface area contributed by atoms with Crippen molar-refractivity contribution in [2.24, 2.45) is 0 Å². The lowest BCUT2D eigenvalue weighted by molar-refractivity contribution is 0.244. The van der Waals surface area contributed by atoms with Gasteiger partial charge in [-0.15, -0.1) is 0 Å². The Morgan fingerprint density at radius 1 is 1.18 bits per heavy atom. The Morgan fingerprint density at radius 2 is 1.95 bits per heavy atom. The topological polar surface area (TPSA) is 50.4 Å². The molecule has 0 heterocycles. The van der Waals surface area contributed by atoms with Gasteiger partial charge in [-0.05, 0) is 36.3 Å². The second-order valence-electron chi connectivity index (χ2n) is 4.92. The van der Waals surface area contributed by atoms with Crippen molar-refractivity contribution in [1.82, 2.24) is 10.6 Å². The fraction of sp³-hybridized carbons (Fsp3) is 0.167. The average molecular weight is 296 g/mol. The zero-order valence-electron chi connectivity index (χ0n) is 12.8. The van der Waals surface area contributed by atoms with Crippen LogP contribution in [-0.2, 0) is 6.54 Å². The molecular formula is C18H20N2O2. The molecule has 2 aromatic carbocycles. The second-order valence-corrected chi connectivity index (χ2v) is 4.92. The third kappa shape index (κ3) is 4.98. The van der Waals surface area contributed by atoms with E-state index in [0.717, 1.165) is 16.9 Å². The normalized spacial score (nSPS) is 10.5. The highest BCUT2D eigenvalue weighted by molar-refractivity contribution is 5.75. The minimum Gasteiger partial charge on any atom is -0.497 e. The summed E-state index contributed by atoms with van der Waals surface area (Å²) in [6.07, 6.45) is 3.42. The number of carbonyl (C=O) groups is 1. The molecule has 0 aromatic heterocycles. The van der Waals surface area contributed by atoms with Gasteiger partial charge in [0.25, 0.3) is 0 Å². The van der Waals surface area contributed by atoms with Crippen LogP contribution in [0.15, 0.2) is 54.7 Å². The van der Waals surface area contributed by atoms with Crippen LogP contribution >= 0.6 is 0 Å². The van der Waals surface area contributed by atoms with Crippen molar-refractivity contribution in [3.8, 4) is 5.75 Å². The molecule has 0 saturated carbocycles. The van der Waals surface area contributed by atoms with Crippen LogP contribution < -0.4 is 15.4 Å². The maximum absolute atomic E-state index is 11.7. The van der Waals surface area contributed by atoms with Crippen LogP contribution in [0.1, 0.15) is 16.7 Å². The van der Waals surface area contributed by atoms with Gasteiger partial charge in [-0.25, -0.2) is 4.79 Å². The monoisotopic (exact) mass is 296 g/mol. The van der Waals surface area contributed by atoms with Gasteiger partial charge in [-0.1, -0.05) is 42.0 Å². The molecule has 0 atom stereocenters. The predicted octanol–water partition coefficient (Wildman–Crippen LogP) is 3.47. The lowest BCUT2D eigenvalue weighted by atomic mass is 10.1. The fourth-order valence-electron chi connectivity index (χ4n) is 1.90. The quantitative estimate of drug-likeness (QED) is 0.887. The summed E-state index contributed by atoms with van der Waals surface area (Å²) in [5, 5.41) is 5.48. The number of hydrogen-bond acceptors (Lipinski definition) is 2. The minimum absolute atomic E-state index is 0.236. The summed E-state index contributed by atoms with van der Waals surface area (Å²) in [4.78, 5) is 11.7. The first-order valence-corrected chi connectivity index (χ1v) is 7.08. The van der Waals surface area contributed by atoms with Gasteiger partial charge < -0.3 is 15.4 Å². The Hall–Kier alpha value is -2.75. The van der Waals surface area contributed by atoms with E-state index in [0.29, 0.717) is 6.54 Å². The molecule has 2 aromatic rings. The highest BCUT2D eigenvalue weighted by Crippen LogP contribution is 2.13. The van der Waals surface area contributed by atoms with E-state index >= 15 is 0 Å². The number of aryl methyl sites for hydroxylation is 1. The molecule has 0 aliphatic carbocycles. The number of rotatable bonds is 5. The molecule has 0 unspecified atom stereocenters. The molecule has 2 rings (SSSR count). The van der Waals surface area contributed by atoms with Crippen LogP contribution in [0, 0.1) is 6.92 Å². The zero-order valence-corrected chi connectivity index (χ0v) is 12.8. The highest BCUT2D eigenvalue weighted by atomic mass is 16.5. The molecule has 0 bridgehead atoms. The Balaban J connectivity index is 1.79. The first-order valence-electron chi connectivity index (χ1n) is 7.08. The van der Waals surface area contributed by atoms with Crippen LogP contribution in [0.4, 0.5) is 4.79 Å². The van der Waals surface area contributed by atoms with Crippen molar-refractivity contribution in [2.75, 3.05) is 7.11 Å². The summed E-state index contributed by atoms with van der Waals surface area (Å²) in [7, 11) is 1.62. The summed E-state index contributed by atoms with van der Waals surface area (Å²) < 4.78 is 5.14. The van der Waals surface area contributed by atoms with Gasteiger partial charge >= 0.3 is 6.03 Å². The summed E-state index contributed by atoms with van der Waals surface area (Å²) in [6.45, 7) is 2.53. The van der Waals surface area contributed by atoms with Crippen LogP contribution in [0.25, 0.3) is 6.08 Å². The van der Waals surface area contributed by atoms with Gasteiger partial charge in [0.15, 0.2) is 0 Å². The second kappa shape index (κ2) is 7.88. The first kappa shape index (κ1) is 15.6. The number of ether oxygens (including phenoxy) is 1. The smallest absolute Gasteiger partial charge is 0.319 e. The van der Waals surface area contributed by atoms with Gasteiger partial charge in [0.1, 0.15) is 5.75 Å². The summed E-state index contributed by atoms with van der Waals surface area (Å²) in [6, 6.07) is 15.4. The number of hydrogen-bond donors (Lipinski definition) is 2. The van der Waals surface area contributed by atoms with Crippen LogP contribution in [-0.4, -0.2) is 13.1 Å². The van der Waals surface area contributed by atoms with Gasteiger partial charge in [0, 0.05) is 12.7 Å². The van der Waals surface area contributed by atoms with Crippen molar-refractivity contribution < 1.29 is 9.53 Å². The number of methoxy groups -OCH3 is 1. The van der Waals surface area contributed by atoms with Gasteiger partial charge in [0.05, 0.1) is 7.11 Å². The van der Waals surface area contributed by atoms with E-state index in [1.54, 1.807) is 13.3 Å². The number of carbonyl (C=O) groups excluding carboxylic acids is 1. The minimum atomic E-state index is -0.236. The molecular weight excluding hydrogens is 276 g/mol. The third-order valence-electron chi connectivity index (χ3n) is 3.16. The molecule has 0 spiro atoms. The first-order chi connectivity index (χ1) is 10.7. The maximum atomic E-state index is 11.7. The number of benzene rings is 2. The van der Waals surface area contributed by atoms with E-state index in [2.05, 4.69) is 10.6 Å². The van der Waals surface area contributed by atoms with Crippen molar-refractivity contribution in [1.29, 1.82) is 0 Å². The molecule has 0 radical (unpaired) electrons. The molecule has 4 nitrogen and oxygen atoms in total. The standard InChI is InChI=1S/C18H20N2O2/c1-14-6-8-16(9-7-14)13-20-18(21)19-11-10-15-4-3-5-17(12-15)22-2/h3-12H,13H2,1-2H3,(H2,19,20,21)/b11-10+. The van der Waals surface area contributed by atoms with Crippen LogP contribution in [0.2, 0.25) is 0 Å². The SMILES string of the molecule is COc1cccc(/C=C/NC(=O)NCc2ccc(C)cc2)c1. The highest BCUT2D eigenvalue weighted by Gasteiger charge is 1.98. The summed E-state index contributed by atoms with van der Waals surface area (Å²) >= 11 is 0. The maximum Gasteiger partial charge on any atom is 0.319 e. The number of amides is 2. The molecule has 114 valence electrons. The predicted molar refractivity (Wildman–Crippen MR) is 88.6 cm³/mol. The van der Waals surface area contributed by atoms with E-state index < -0.39 is 0 Å². The van der Waals surface area contributed by atoms with E-state index in [1.165, 1.54) is 5.56 Å². The van der Waals surface area contributed by atoms with E-state index in [4.69, 9.17) is 4.74 Å². The van der Waals surface area contributed by atoms with Crippen molar-refractivity contribution in [3.63, 3.8) is 0 Å². The van der Waals surface area contributed by atoms with E-state index in [1.807, 2.05) is 61.5 Å². The molecule has 0 aliphatic heterocycles. The Kier molecular flexibility index (Phi) is 5.60. The Labute approximate surface area is 130 Å². The number of urea groups is 1. The summed E-state index contributed by atoms with van der Waals surface area (Å²) in [5.74, 6) is 0.783. The summed E-state index contributed by atoms with van der Waals surface area (Å²) in [5.41, 5.74) is 3.23. The molecule has 2 amide bonds. The van der Waals surface area contributed by atoms with Crippen molar-refractivity contribution in [3.05, 3.63) is 71.4 Å². The molecule has 0 aliphatic rings. The lowest BCUT2D eigenvalue weighted by Gasteiger charge is -2.05. The van der Waals surface area contributed by atoms with E-state index in [9.17, 15) is 4.79 Å². The van der Waals surface area contributed by atoms with Crippen molar-refractivity contribution >= 4 is 12.1 Å². The van der Waals surface area contributed by atoms with Crippen molar-refractivity contribution in [2.45, 2.75) is 13.5 Å².